The Morgan fingerprint density at radius 2 is 2.05 bits per heavy atom. The molecule has 5 heteroatoms. The maximum atomic E-state index is 13.0. The highest BCUT2D eigenvalue weighted by molar-refractivity contribution is 5.53. The minimum absolute atomic E-state index is 0.127. The van der Waals surface area contributed by atoms with Gasteiger partial charge in [-0.25, -0.2) is 8.91 Å². The molecule has 1 unspecified atom stereocenters. The number of benzene rings is 1. The van der Waals surface area contributed by atoms with Crippen LogP contribution in [0, 0.1) is 5.82 Å². The molecule has 0 aliphatic carbocycles. The van der Waals surface area contributed by atoms with Crippen LogP contribution in [0.3, 0.4) is 0 Å². The maximum Gasteiger partial charge on any atom is 0.123 e. The van der Waals surface area contributed by atoms with Crippen LogP contribution in [0.4, 0.5) is 4.39 Å². The summed E-state index contributed by atoms with van der Waals surface area (Å²) in [7, 11) is 0. The summed E-state index contributed by atoms with van der Waals surface area (Å²) in [5, 5.41) is 7.82. The van der Waals surface area contributed by atoms with E-state index in [0.29, 0.717) is 0 Å². The van der Waals surface area contributed by atoms with Crippen molar-refractivity contribution in [3.05, 3.63) is 66.0 Å². The van der Waals surface area contributed by atoms with E-state index in [1.807, 2.05) is 35.2 Å². The second-order valence-corrected chi connectivity index (χ2v) is 4.95. The molecule has 0 amide bonds. The van der Waals surface area contributed by atoms with Crippen molar-refractivity contribution in [3.63, 3.8) is 0 Å². The quantitative estimate of drug-likeness (QED) is 0.783. The summed E-state index contributed by atoms with van der Waals surface area (Å²) in [6, 6.07) is 6.77. The number of rotatable bonds is 5. The predicted octanol–water partition coefficient (Wildman–Crippen LogP) is 2.76. The molecular weight excluding hydrogens is 267 g/mol. The minimum atomic E-state index is -0.209. The number of nitrogens with zero attached hydrogens (tertiary/aromatic N) is 3. The zero-order chi connectivity index (χ0) is 14.7. The van der Waals surface area contributed by atoms with Crippen LogP contribution in [0.25, 0.3) is 5.52 Å². The third-order valence-electron chi connectivity index (χ3n) is 3.53. The highest BCUT2D eigenvalue weighted by Gasteiger charge is 2.16. The van der Waals surface area contributed by atoms with E-state index in [2.05, 4.69) is 22.3 Å². The third-order valence-corrected chi connectivity index (χ3v) is 3.53. The molecule has 21 heavy (non-hydrogen) atoms. The van der Waals surface area contributed by atoms with Gasteiger partial charge < -0.3 is 5.32 Å². The van der Waals surface area contributed by atoms with E-state index in [1.165, 1.54) is 12.1 Å². The molecule has 2 aromatic heterocycles. The van der Waals surface area contributed by atoms with Gasteiger partial charge in [-0.3, -0.25) is 4.98 Å². The molecule has 3 rings (SSSR count). The molecule has 1 N–H and O–H groups in total. The second-order valence-electron chi connectivity index (χ2n) is 4.95. The first-order valence-electron chi connectivity index (χ1n) is 7.03. The van der Waals surface area contributed by atoms with Gasteiger partial charge in [-0.1, -0.05) is 19.1 Å². The molecule has 0 aliphatic heterocycles. The smallest absolute Gasteiger partial charge is 0.123 e. The van der Waals surface area contributed by atoms with E-state index in [0.717, 1.165) is 29.6 Å². The third kappa shape index (κ3) is 2.92. The van der Waals surface area contributed by atoms with Crippen LogP contribution >= 0.6 is 0 Å². The van der Waals surface area contributed by atoms with Gasteiger partial charge in [0.1, 0.15) is 5.82 Å². The number of nitrogens with one attached hydrogen (secondary N) is 1. The Hall–Kier alpha value is -2.27. The SMILES string of the molecule is CCNC(Cc1ccc(F)cc1)c1cnn2ccncc12. The van der Waals surface area contributed by atoms with Crippen molar-refractivity contribution in [1.82, 2.24) is 19.9 Å². The molecular formula is C16H17FN4. The van der Waals surface area contributed by atoms with Crippen molar-refractivity contribution in [3.8, 4) is 0 Å². The van der Waals surface area contributed by atoms with Crippen LogP contribution in [0.5, 0.6) is 0 Å². The largest absolute Gasteiger partial charge is 0.310 e. The Morgan fingerprint density at radius 1 is 1.24 bits per heavy atom. The van der Waals surface area contributed by atoms with Crippen molar-refractivity contribution in [1.29, 1.82) is 0 Å². The van der Waals surface area contributed by atoms with Crippen molar-refractivity contribution < 1.29 is 4.39 Å². The zero-order valence-electron chi connectivity index (χ0n) is 11.8. The Morgan fingerprint density at radius 3 is 2.81 bits per heavy atom. The second kappa shape index (κ2) is 6.01. The van der Waals surface area contributed by atoms with Crippen LogP contribution in [0.15, 0.2) is 49.1 Å². The fourth-order valence-corrected chi connectivity index (χ4v) is 2.52. The van der Waals surface area contributed by atoms with Gasteiger partial charge in [-0.05, 0) is 30.7 Å². The number of aromatic nitrogens is 3. The van der Waals surface area contributed by atoms with Gasteiger partial charge >= 0.3 is 0 Å². The first kappa shape index (κ1) is 13.7. The van der Waals surface area contributed by atoms with Gasteiger partial charge in [-0.15, -0.1) is 0 Å². The maximum absolute atomic E-state index is 13.0. The Kier molecular flexibility index (Phi) is 3.92. The number of fused-ring (bicyclic) bond motifs is 1. The molecule has 0 saturated carbocycles. The standard InChI is InChI=1S/C16H17FN4/c1-2-19-15(9-12-3-5-13(17)6-4-12)14-10-20-21-8-7-18-11-16(14)21/h3-8,10-11,15,19H,2,9H2,1H3. The predicted molar refractivity (Wildman–Crippen MR) is 79.5 cm³/mol. The molecule has 1 aromatic carbocycles. The average Bonchev–Trinajstić information content (AvgIpc) is 2.93. The monoisotopic (exact) mass is 284 g/mol. The molecule has 0 fully saturated rings. The normalized spacial score (nSPS) is 12.7. The van der Waals surface area contributed by atoms with Gasteiger partial charge in [0.15, 0.2) is 0 Å². The molecule has 1 atom stereocenters. The van der Waals surface area contributed by atoms with Gasteiger partial charge in [0, 0.05) is 24.0 Å². The zero-order valence-corrected chi connectivity index (χ0v) is 11.8. The van der Waals surface area contributed by atoms with Gasteiger partial charge in [-0.2, -0.15) is 5.10 Å². The van der Waals surface area contributed by atoms with Crippen LogP contribution < -0.4 is 5.32 Å². The lowest BCUT2D eigenvalue weighted by molar-refractivity contribution is 0.552. The lowest BCUT2D eigenvalue weighted by Gasteiger charge is -2.17. The lowest BCUT2D eigenvalue weighted by atomic mass is 10.00. The molecule has 3 aromatic rings. The van der Waals surface area contributed by atoms with E-state index in [-0.39, 0.29) is 11.9 Å². The van der Waals surface area contributed by atoms with E-state index in [1.54, 1.807) is 6.20 Å². The molecule has 2 heterocycles. The van der Waals surface area contributed by atoms with Gasteiger partial charge in [0.05, 0.1) is 17.9 Å². The molecule has 0 saturated heterocycles. The number of likely N-dealkylation sites (N-methyl/N-ethyl adjacent to an activating group) is 1. The van der Waals surface area contributed by atoms with Gasteiger partial charge in [0.25, 0.3) is 0 Å². The summed E-state index contributed by atoms with van der Waals surface area (Å²) < 4.78 is 14.8. The molecule has 108 valence electrons. The van der Waals surface area contributed by atoms with E-state index < -0.39 is 0 Å². The number of halogens is 1. The molecule has 4 nitrogen and oxygen atoms in total. The molecule has 0 spiro atoms. The summed E-state index contributed by atoms with van der Waals surface area (Å²) >= 11 is 0. The van der Waals surface area contributed by atoms with E-state index in [4.69, 9.17) is 0 Å². The van der Waals surface area contributed by atoms with Crippen molar-refractivity contribution in [2.75, 3.05) is 6.54 Å². The molecule has 0 aliphatic rings. The Labute approximate surface area is 122 Å². The highest BCUT2D eigenvalue weighted by Crippen LogP contribution is 2.22. The fourth-order valence-electron chi connectivity index (χ4n) is 2.52. The summed E-state index contributed by atoms with van der Waals surface area (Å²) in [6.07, 6.45) is 8.02. The molecule has 0 radical (unpaired) electrons. The summed E-state index contributed by atoms with van der Waals surface area (Å²) in [6.45, 7) is 2.92. The van der Waals surface area contributed by atoms with E-state index >= 15 is 0 Å². The van der Waals surface area contributed by atoms with Crippen LogP contribution in [0.2, 0.25) is 0 Å². The lowest BCUT2D eigenvalue weighted by Crippen LogP contribution is -2.22. The van der Waals surface area contributed by atoms with Crippen LogP contribution in [-0.2, 0) is 6.42 Å². The van der Waals surface area contributed by atoms with E-state index in [9.17, 15) is 4.39 Å². The topological polar surface area (TPSA) is 42.2 Å². The minimum Gasteiger partial charge on any atom is -0.310 e. The fraction of sp³-hybridized carbons (Fsp3) is 0.250. The molecule has 0 bridgehead atoms. The average molecular weight is 284 g/mol. The Balaban J connectivity index is 1.92. The first-order valence-corrected chi connectivity index (χ1v) is 7.03. The van der Waals surface area contributed by atoms with Gasteiger partial charge in [0.2, 0.25) is 0 Å². The van der Waals surface area contributed by atoms with Crippen molar-refractivity contribution in [2.24, 2.45) is 0 Å². The number of hydrogen-bond acceptors (Lipinski definition) is 3. The van der Waals surface area contributed by atoms with Crippen LogP contribution in [0.1, 0.15) is 24.1 Å². The summed E-state index contributed by atoms with van der Waals surface area (Å²) in [5.41, 5.74) is 3.19. The first-order chi connectivity index (χ1) is 10.3. The Bertz CT molecular complexity index is 720. The summed E-state index contributed by atoms with van der Waals surface area (Å²) in [4.78, 5) is 4.17. The van der Waals surface area contributed by atoms with Crippen LogP contribution in [-0.4, -0.2) is 21.1 Å². The summed E-state index contributed by atoms with van der Waals surface area (Å²) in [5.74, 6) is -0.209. The van der Waals surface area contributed by atoms with Crippen molar-refractivity contribution in [2.45, 2.75) is 19.4 Å². The number of hydrogen-bond donors (Lipinski definition) is 1. The van der Waals surface area contributed by atoms with Crippen molar-refractivity contribution >= 4 is 5.52 Å². The highest BCUT2D eigenvalue weighted by atomic mass is 19.1.